The molecule has 0 bridgehead atoms. The molecule has 0 amide bonds. The fourth-order valence-electron chi connectivity index (χ4n) is 2.82. The summed E-state index contributed by atoms with van der Waals surface area (Å²) >= 11 is 0. The van der Waals surface area contributed by atoms with Gasteiger partial charge in [-0.1, -0.05) is 30.7 Å². The van der Waals surface area contributed by atoms with Gasteiger partial charge in [0.2, 0.25) is 0 Å². The second kappa shape index (κ2) is 5.22. The predicted molar refractivity (Wildman–Crippen MR) is 77.4 cm³/mol. The third kappa shape index (κ3) is 2.45. The van der Waals surface area contributed by atoms with Crippen LogP contribution >= 0.6 is 0 Å². The maximum Gasteiger partial charge on any atom is 0.125 e. The first-order chi connectivity index (χ1) is 9.28. The number of benzene rings is 1. The Morgan fingerprint density at radius 1 is 1.21 bits per heavy atom. The van der Waals surface area contributed by atoms with Gasteiger partial charge >= 0.3 is 0 Å². The van der Waals surface area contributed by atoms with Gasteiger partial charge in [0.15, 0.2) is 0 Å². The van der Waals surface area contributed by atoms with Crippen LogP contribution in [0.2, 0.25) is 0 Å². The average molecular weight is 255 g/mol. The molecule has 0 spiro atoms. The van der Waals surface area contributed by atoms with Crippen LogP contribution in [0.4, 0.5) is 0 Å². The number of hydrogen-bond acceptors (Lipinski definition) is 2. The van der Waals surface area contributed by atoms with E-state index in [0.717, 1.165) is 17.4 Å². The van der Waals surface area contributed by atoms with Crippen LogP contribution in [0.15, 0.2) is 40.8 Å². The topological polar surface area (TPSA) is 25.2 Å². The van der Waals surface area contributed by atoms with Crippen molar-refractivity contribution in [2.24, 2.45) is 0 Å². The highest BCUT2D eigenvalue weighted by Crippen LogP contribution is 2.37. The first-order valence-corrected chi connectivity index (χ1v) is 7.11. The molecule has 1 atom stereocenters. The fraction of sp³-hybridized carbons (Fsp3) is 0.412. The van der Waals surface area contributed by atoms with Crippen LogP contribution in [0.3, 0.4) is 0 Å². The molecule has 0 saturated heterocycles. The minimum atomic E-state index is 0.147. The lowest BCUT2D eigenvalue weighted by Crippen LogP contribution is -2.18. The second-order valence-electron chi connectivity index (χ2n) is 5.47. The van der Waals surface area contributed by atoms with E-state index in [4.69, 9.17) is 4.42 Å². The molecule has 2 heteroatoms. The average Bonchev–Trinajstić information content (AvgIpc) is 2.75. The Balaban J connectivity index is 1.90. The molecule has 1 heterocycles. The van der Waals surface area contributed by atoms with Crippen LogP contribution in [0.25, 0.3) is 0 Å². The highest BCUT2D eigenvalue weighted by Gasteiger charge is 2.21. The normalized spacial score (nSPS) is 17.2. The third-order valence-electron chi connectivity index (χ3n) is 4.15. The highest BCUT2D eigenvalue weighted by molar-refractivity contribution is 5.33. The quantitative estimate of drug-likeness (QED) is 0.887. The molecular formula is C17H21NO. The molecule has 1 saturated carbocycles. The minimum Gasteiger partial charge on any atom is -0.464 e. The van der Waals surface area contributed by atoms with Crippen molar-refractivity contribution in [2.75, 3.05) is 7.05 Å². The summed E-state index contributed by atoms with van der Waals surface area (Å²) in [5, 5.41) is 3.36. The standard InChI is InChI=1S/C17H21NO/c1-12-9-10-16(19-12)17(18-2)15-8-4-7-14(11-15)13-5-3-6-13/h4,7-11,13,17-18H,3,5-6H2,1-2H3. The summed E-state index contributed by atoms with van der Waals surface area (Å²) in [5.41, 5.74) is 2.77. The molecule has 1 unspecified atom stereocenters. The number of hydrogen-bond donors (Lipinski definition) is 1. The Hall–Kier alpha value is -1.54. The van der Waals surface area contributed by atoms with Gasteiger partial charge in [-0.3, -0.25) is 0 Å². The van der Waals surface area contributed by atoms with Gasteiger partial charge in [-0.25, -0.2) is 0 Å². The van der Waals surface area contributed by atoms with E-state index >= 15 is 0 Å². The molecule has 3 rings (SSSR count). The summed E-state index contributed by atoms with van der Waals surface area (Å²) in [5.74, 6) is 2.73. The highest BCUT2D eigenvalue weighted by atomic mass is 16.3. The van der Waals surface area contributed by atoms with Crippen LogP contribution in [0.1, 0.15) is 53.9 Å². The van der Waals surface area contributed by atoms with E-state index < -0.39 is 0 Å². The zero-order valence-electron chi connectivity index (χ0n) is 11.6. The van der Waals surface area contributed by atoms with E-state index in [1.165, 1.54) is 30.4 Å². The van der Waals surface area contributed by atoms with Gasteiger partial charge in [-0.15, -0.1) is 0 Å². The van der Waals surface area contributed by atoms with Crippen molar-refractivity contribution in [3.63, 3.8) is 0 Å². The predicted octanol–water partition coefficient (Wildman–Crippen LogP) is 4.16. The maximum absolute atomic E-state index is 5.77. The van der Waals surface area contributed by atoms with Crippen LogP contribution in [0, 0.1) is 6.92 Å². The monoisotopic (exact) mass is 255 g/mol. The molecule has 0 aliphatic heterocycles. The second-order valence-corrected chi connectivity index (χ2v) is 5.47. The lowest BCUT2D eigenvalue weighted by atomic mass is 9.79. The summed E-state index contributed by atoms with van der Waals surface area (Å²) in [6, 6.07) is 13.2. The number of nitrogens with one attached hydrogen (secondary N) is 1. The molecule has 0 radical (unpaired) electrons. The third-order valence-corrected chi connectivity index (χ3v) is 4.15. The smallest absolute Gasteiger partial charge is 0.125 e. The van der Waals surface area contributed by atoms with E-state index in [-0.39, 0.29) is 6.04 Å². The Kier molecular flexibility index (Phi) is 3.43. The van der Waals surface area contributed by atoms with Crippen LogP contribution in [-0.2, 0) is 0 Å². The van der Waals surface area contributed by atoms with Crippen molar-refractivity contribution in [3.05, 3.63) is 59.0 Å². The van der Waals surface area contributed by atoms with Gasteiger partial charge in [-0.05, 0) is 56.0 Å². The number of furan rings is 1. The lowest BCUT2D eigenvalue weighted by Gasteiger charge is -2.27. The van der Waals surface area contributed by atoms with Gasteiger partial charge < -0.3 is 9.73 Å². The molecule has 1 aromatic heterocycles. The Morgan fingerprint density at radius 2 is 2.05 bits per heavy atom. The summed E-state index contributed by atoms with van der Waals surface area (Å²) < 4.78 is 5.77. The molecule has 1 fully saturated rings. The van der Waals surface area contributed by atoms with E-state index in [1.807, 2.05) is 20.0 Å². The molecule has 19 heavy (non-hydrogen) atoms. The molecule has 2 nitrogen and oxygen atoms in total. The molecule has 1 aliphatic carbocycles. The van der Waals surface area contributed by atoms with Crippen molar-refractivity contribution >= 4 is 0 Å². The van der Waals surface area contributed by atoms with E-state index in [0.29, 0.717) is 0 Å². The molecular weight excluding hydrogens is 234 g/mol. The summed E-state index contributed by atoms with van der Waals surface area (Å²) in [6.45, 7) is 1.99. The molecule has 1 N–H and O–H groups in total. The zero-order valence-corrected chi connectivity index (χ0v) is 11.6. The largest absolute Gasteiger partial charge is 0.464 e. The van der Waals surface area contributed by atoms with Gasteiger partial charge in [0.25, 0.3) is 0 Å². The summed E-state index contributed by atoms with van der Waals surface area (Å²) in [7, 11) is 1.98. The van der Waals surface area contributed by atoms with Gasteiger partial charge in [0.05, 0.1) is 6.04 Å². The Morgan fingerprint density at radius 3 is 2.63 bits per heavy atom. The first-order valence-electron chi connectivity index (χ1n) is 7.11. The Bertz CT molecular complexity index is 554. The zero-order chi connectivity index (χ0) is 13.2. The van der Waals surface area contributed by atoms with Crippen molar-refractivity contribution < 1.29 is 4.42 Å². The summed E-state index contributed by atoms with van der Waals surface area (Å²) in [6.07, 6.45) is 4.06. The fourth-order valence-corrected chi connectivity index (χ4v) is 2.82. The Labute approximate surface area is 114 Å². The molecule has 1 aliphatic rings. The number of rotatable bonds is 4. The van der Waals surface area contributed by atoms with Crippen molar-refractivity contribution in [1.82, 2.24) is 5.32 Å². The summed E-state index contributed by atoms with van der Waals surface area (Å²) in [4.78, 5) is 0. The lowest BCUT2D eigenvalue weighted by molar-refractivity contribution is 0.418. The molecule has 100 valence electrons. The van der Waals surface area contributed by atoms with Crippen molar-refractivity contribution in [3.8, 4) is 0 Å². The van der Waals surface area contributed by atoms with Crippen LogP contribution in [-0.4, -0.2) is 7.05 Å². The molecule has 1 aromatic carbocycles. The SMILES string of the molecule is CNC(c1cccc(C2CCC2)c1)c1ccc(C)o1. The maximum atomic E-state index is 5.77. The van der Waals surface area contributed by atoms with Crippen molar-refractivity contribution in [2.45, 2.75) is 38.1 Å². The van der Waals surface area contributed by atoms with Crippen LogP contribution in [0.5, 0.6) is 0 Å². The van der Waals surface area contributed by atoms with Gasteiger partial charge in [-0.2, -0.15) is 0 Å². The minimum absolute atomic E-state index is 0.147. The number of aryl methyl sites for hydroxylation is 1. The molecule has 2 aromatic rings. The van der Waals surface area contributed by atoms with E-state index in [9.17, 15) is 0 Å². The van der Waals surface area contributed by atoms with E-state index in [2.05, 4.69) is 35.6 Å². The van der Waals surface area contributed by atoms with Gasteiger partial charge in [0.1, 0.15) is 11.5 Å². The van der Waals surface area contributed by atoms with E-state index in [1.54, 1.807) is 0 Å². The van der Waals surface area contributed by atoms with Crippen LogP contribution < -0.4 is 5.32 Å². The van der Waals surface area contributed by atoms with Crippen molar-refractivity contribution in [1.29, 1.82) is 0 Å². The first kappa shape index (κ1) is 12.5. The van der Waals surface area contributed by atoms with Gasteiger partial charge in [0, 0.05) is 0 Å².